The van der Waals surface area contributed by atoms with Gasteiger partial charge in [-0.2, -0.15) is 18.4 Å². The van der Waals surface area contributed by atoms with E-state index in [2.05, 4.69) is 4.89 Å². The zero-order chi connectivity index (χ0) is 11.3. The molecule has 0 amide bonds. The van der Waals surface area contributed by atoms with Gasteiger partial charge in [0.15, 0.2) is 0 Å². The Kier molecular flexibility index (Phi) is 6.13. The summed E-state index contributed by atoms with van der Waals surface area (Å²) in [4.78, 5) is 11.6. The van der Waals surface area contributed by atoms with E-state index in [-0.39, 0.29) is 0 Å². The average Bonchev–Trinajstić information content (AvgIpc) is 1.80. The molecule has 0 bridgehead atoms. The monoisotopic (exact) mass is 326 g/mol. The van der Waals surface area contributed by atoms with E-state index in [0.29, 0.717) is 0 Å². The molecule has 0 aromatic carbocycles. The van der Waals surface area contributed by atoms with Gasteiger partial charge in [0.2, 0.25) is 0 Å². The first-order valence-corrected chi connectivity index (χ1v) is 6.09. The van der Waals surface area contributed by atoms with Crippen molar-refractivity contribution in [2.45, 2.75) is 6.18 Å². The van der Waals surface area contributed by atoms with Crippen LogP contribution in [0.1, 0.15) is 0 Å². The number of hydrogen-bond acceptors (Lipinski definition) is 5. The van der Waals surface area contributed by atoms with Crippen molar-refractivity contribution in [2.24, 2.45) is 0 Å². The first-order chi connectivity index (χ1) is 5.48. The molecule has 0 aromatic rings. The van der Waals surface area contributed by atoms with Gasteiger partial charge in [0.1, 0.15) is 0 Å². The van der Waals surface area contributed by atoms with E-state index in [1.807, 2.05) is 0 Å². The van der Waals surface area contributed by atoms with E-state index in [1.165, 1.54) is 0 Å². The van der Waals surface area contributed by atoms with Gasteiger partial charge >= 0.3 is 44.3 Å². The summed E-state index contributed by atoms with van der Waals surface area (Å²) in [5.41, 5.74) is 0. The van der Waals surface area contributed by atoms with Crippen LogP contribution < -0.4 is 0 Å². The molecule has 0 aliphatic rings. The van der Waals surface area contributed by atoms with Crippen molar-refractivity contribution in [1.29, 1.82) is 0 Å². The Hall–Kier alpha value is -0.470. The molecule has 0 aliphatic heterocycles. The number of halogens is 3. The van der Waals surface area contributed by atoms with Gasteiger partial charge < -0.3 is 0 Å². The van der Waals surface area contributed by atoms with Crippen LogP contribution in [0.25, 0.3) is 0 Å². The molecule has 0 saturated carbocycles. The van der Waals surface area contributed by atoms with Crippen LogP contribution in [-0.2, 0) is 15.9 Å². The molecule has 7 nitrogen and oxygen atoms in total. The van der Waals surface area contributed by atoms with Gasteiger partial charge in [-0.3, -0.25) is 4.89 Å². The van der Waals surface area contributed by atoms with Crippen molar-refractivity contribution < 1.29 is 41.3 Å². The fraction of sp³-hybridized carbons (Fsp3) is 0.500. The van der Waals surface area contributed by atoms with Gasteiger partial charge in [-0.05, 0) is 0 Å². The summed E-state index contributed by atoms with van der Waals surface area (Å²) in [5.74, 6) is -2.61. The van der Waals surface area contributed by atoms with Crippen LogP contribution in [0, 0.1) is 0 Å². The quantitative estimate of drug-likeness (QED) is 0.292. The summed E-state index contributed by atoms with van der Waals surface area (Å²) in [6.45, 7) is 0. The summed E-state index contributed by atoms with van der Waals surface area (Å²) in [5, 5.41) is 7.10. The standard InChI is InChI=1S/C2HF3O3.H2O4Te/c3-2(4,5)1(6)8-7;1-5(2,3)4/h7H;(H2,1,2,3,4). The van der Waals surface area contributed by atoms with Gasteiger partial charge in [-0.25, -0.2) is 4.79 Å². The maximum absolute atomic E-state index is 10.8. The Morgan fingerprint density at radius 1 is 1.23 bits per heavy atom. The van der Waals surface area contributed by atoms with Gasteiger partial charge in [-0.15, -0.1) is 0 Å². The van der Waals surface area contributed by atoms with E-state index in [9.17, 15) is 18.0 Å². The number of rotatable bonds is 0. The maximum atomic E-state index is 10.8. The average molecular weight is 324 g/mol. The van der Waals surface area contributed by atoms with Crippen LogP contribution in [-0.4, -0.2) is 43.3 Å². The van der Waals surface area contributed by atoms with Crippen LogP contribution in [0.3, 0.4) is 0 Å². The van der Waals surface area contributed by atoms with Gasteiger partial charge in [0, 0.05) is 0 Å². The molecular formula is C2H3F3O7Te. The molecule has 0 aromatic heterocycles. The summed E-state index contributed by atoms with van der Waals surface area (Å²) in [7, 11) is 0. The third-order valence-electron chi connectivity index (χ3n) is 0.314. The number of hydrogen-bond donors (Lipinski definition) is 3. The van der Waals surface area contributed by atoms with Crippen molar-refractivity contribution in [3.8, 4) is 0 Å². The molecule has 0 unspecified atom stereocenters. The molecule has 80 valence electrons. The van der Waals surface area contributed by atoms with Crippen LogP contribution >= 0.6 is 0 Å². The second-order valence-corrected chi connectivity index (χ2v) is 3.88. The topological polar surface area (TPSA) is 121 Å². The second-order valence-electron chi connectivity index (χ2n) is 1.32. The van der Waals surface area contributed by atoms with E-state index < -0.39 is 31.1 Å². The Balaban J connectivity index is 0. The minimum atomic E-state index is -5.52. The normalized spacial score (nSPS) is 11.2. The molecule has 0 heterocycles. The van der Waals surface area contributed by atoms with Crippen molar-refractivity contribution in [3.05, 3.63) is 0 Å². The SMILES string of the molecule is O=C(OO)C(F)(F)F.O=[Te](=O)(O)O. The van der Waals surface area contributed by atoms with Crippen LogP contribution in [0.15, 0.2) is 0 Å². The van der Waals surface area contributed by atoms with Crippen LogP contribution in [0.4, 0.5) is 13.2 Å². The Labute approximate surface area is 72.9 Å². The molecule has 13 heavy (non-hydrogen) atoms. The Bertz CT molecular complexity index is 243. The number of carbonyl (C=O) groups excluding carboxylic acids is 1. The predicted octanol–water partition coefficient (Wildman–Crippen LogP) is -1.17. The summed E-state index contributed by atoms with van der Waals surface area (Å²) in [6, 6.07) is 0. The zero-order valence-corrected chi connectivity index (χ0v) is 7.85. The Morgan fingerprint density at radius 3 is 1.46 bits per heavy atom. The second kappa shape index (κ2) is 5.30. The van der Waals surface area contributed by atoms with Crippen molar-refractivity contribution in [1.82, 2.24) is 0 Å². The molecule has 3 N–H and O–H groups in total. The predicted molar refractivity (Wildman–Crippen MR) is 26.3 cm³/mol. The van der Waals surface area contributed by atoms with E-state index >= 15 is 0 Å². The number of alkyl halides is 3. The van der Waals surface area contributed by atoms with Crippen molar-refractivity contribution >= 4 is 24.9 Å². The molecule has 0 aliphatic carbocycles. The van der Waals surface area contributed by atoms with E-state index in [1.54, 1.807) is 0 Å². The molecular weight excluding hydrogens is 321 g/mol. The zero-order valence-electron chi connectivity index (χ0n) is 5.52. The first kappa shape index (κ1) is 15.0. The van der Waals surface area contributed by atoms with Crippen molar-refractivity contribution in [3.63, 3.8) is 0 Å². The van der Waals surface area contributed by atoms with Crippen LogP contribution in [0.5, 0.6) is 0 Å². The fourth-order valence-electron chi connectivity index (χ4n) is 0.0518. The molecule has 0 saturated heterocycles. The minimum absolute atomic E-state index is 2.35. The van der Waals surface area contributed by atoms with Crippen molar-refractivity contribution in [2.75, 3.05) is 0 Å². The van der Waals surface area contributed by atoms with Gasteiger partial charge in [-0.1, -0.05) is 0 Å². The van der Waals surface area contributed by atoms with Gasteiger partial charge in [0.25, 0.3) is 0 Å². The summed E-state index contributed by atoms with van der Waals surface area (Å²) >= 11 is -5.52. The fourth-order valence-corrected chi connectivity index (χ4v) is 0.0518. The molecule has 0 rings (SSSR count). The van der Waals surface area contributed by atoms with Crippen LogP contribution in [0.2, 0.25) is 0 Å². The van der Waals surface area contributed by atoms with E-state index in [4.69, 9.17) is 18.4 Å². The molecule has 0 radical (unpaired) electrons. The number of carbonyl (C=O) groups is 1. The molecule has 0 spiro atoms. The first-order valence-electron chi connectivity index (χ1n) is 2.11. The molecule has 0 atom stereocenters. The molecule has 0 fully saturated rings. The third kappa shape index (κ3) is 18.5. The Morgan fingerprint density at radius 2 is 1.46 bits per heavy atom. The summed E-state index contributed by atoms with van der Waals surface area (Å²) < 4.78 is 64.5. The molecule has 11 heteroatoms. The van der Waals surface area contributed by atoms with Gasteiger partial charge in [0.05, 0.1) is 0 Å². The third-order valence-corrected chi connectivity index (χ3v) is 0.314. The van der Waals surface area contributed by atoms with E-state index in [0.717, 1.165) is 0 Å². The summed E-state index contributed by atoms with van der Waals surface area (Å²) in [6.07, 6.45) is -5.10.